The fraction of sp³-hybridized carbons (Fsp3) is 0.400. The topological polar surface area (TPSA) is 85.5 Å². The summed E-state index contributed by atoms with van der Waals surface area (Å²) in [6, 6.07) is 9.52. The number of hydrogen-bond acceptors (Lipinski definition) is 5. The second-order valence-corrected chi connectivity index (χ2v) is 7.36. The zero-order chi connectivity index (χ0) is 20.0. The van der Waals surface area contributed by atoms with Gasteiger partial charge in [-0.25, -0.2) is 0 Å². The van der Waals surface area contributed by atoms with Gasteiger partial charge in [-0.15, -0.1) is 0 Å². The molecular formula is C20H22N6O3. The second kappa shape index (κ2) is 7.00. The Balaban J connectivity index is 1.37. The van der Waals surface area contributed by atoms with Crippen LogP contribution in [-0.4, -0.2) is 74.0 Å². The molecule has 1 fully saturated rings. The molecule has 0 N–H and O–H groups in total. The number of fused-ring (bicyclic) bond motifs is 2. The van der Waals surface area contributed by atoms with Crippen molar-refractivity contribution in [3.05, 3.63) is 47.4 Å². The minimum Gasteiger partial charge on any atom is -0.378 e. The Kier molecular flexibility index (Phi) is 4.31. The summed E-state index contributed by atoms with van der Waals surface area (Å²) in [5, 5.41) is 9.77. The number of morpholine rings is 1. The summed E-state index contributed by atoms with van der Waals surface area (Å²) in [7, 11) is 1.84. The number of aromatic nitrogens is 4. The minimum absolute atomic E-state index is 0.0798. The van der Waals surface area contributed by atoms with Crippen LogP contribution in [0.5, 0.6) is 0 Å². The number of ether oxygens (including phenoxy) is 1. The highest BCUT2D eigenvalue weighted by molar-refractivity contribution is 6.04. The Morgan fingerprint density at radius 2 is 1.76 bits per heavy atom. The Labute approximate surface area is 167 Å². The highest BCUT2D eigenvalue weighted by Gasteiger charge is 2.29. The summed E-state index contributed by atoms with van der Waals surface area (Å²) in [4.78, 5) is 29.4. The highest BCUT2D eigenvalue weighted by atomic mass is 16.5. The van der Waals surface area contributed by atoms with Crippen molar-refractivity contribution in [2.24, 2.45) is 7.05 Å². The molecule has 2 aromatic heterocycles. The maximum Gasteiger partial charge on any atom is 0.275 e. The first-order valence-electron chi connectivity index (χ1n) is 9.76. The van der Waals surface area contributed by atoms with Crippen LogP contribution in [-0.2, 0) is 24.9 Å². The van der Waals surface area contributed by atoms with Gasteiger partial charge in [-0.05, 0) is 12.1 Å². The molecule has 0 atom stereocenters. The van der Waals surface area contributed by atoms with Gasteiger partial charge in [-0.1, -0.05) is 18.2 Å². The number of rotatable bonds is 2. The van der Waals surface area contributed by atoms with Gasteiger partial charge in [-0.2, -0.15) is 10.2 Å². The smallest absolute Gasteiger partial charge is 0.275 e. The lowest BCUT2D eigenvalue weighted by molar-refractivity contribution is 0.0298. The van der Waals surface area contributed by atoms with Gasteiger partial charge in [-0.3, -0.25) is 19.0 Å². The van der Waals surface area contributed by atoms with Crippen LogP contribution in [0.1, 0.15) is 26.7 Å². The molecule has 2 amide bonds. The van der Waals surface area contributed by atoms with Crippen LogP contribution in [0.3, 0.4) is 0 Å². The van der Waals surface area contributed by atoms with E-state index in [1.165, 1.54) is 0 Å². The van der Waals surface area contributed by atoms with Gasteiger partial charge >= 0.3 is 0 Å². The Morgan fingerprint density at radius 3 is 2.59 bits per heavy atom. The number of benzene rings is 1. The van der Waals surface area contributed by atoms with Crippen LogP contribution in [0, 0.1) is 0 Å². The second-order valence-electron chi connectivity index (χ2n) is 7.36. The molecule has 3 aromatic rings. The van der Waals surface area contributed by atoms with E-state index in [1.807, 2.05) is 36.0 Å². The van der Waals surface area contributed by atoms with E-state index in [2.05, 4.69) is 10.2 Å². The monoisotopic (exact) mass is 394 g/mol. The van der Waals surface area contributed by atoms with Gasteiger partial charge < -0.3 is 14.5 Å². The number of aryl methyl sites for hydroxylation is 1. The number of carbonyl (C=O) groups excluding carboxylic acids is 2. The zero-order valence-electron chi connectivity index (χ0n) is 16.2. The first kappa shape index (κ1) is 17.9. The van der Waals surface area contributed by atoms with E-state index >= 15 is 0 Å². The van der Waals surface area contributed by atoms with Crippen molar-refractivity contribution in [3.63, 3.8) is 0 Å². The van der Waals surface area contributed by atoms with Gasteiger partial charge in [0.05, 0.1) is 37.5 Å². The zero-order valence-corrected chi connectivity index (χ0v) is 16.2. The molecule has 0 saturated carbocycles. The molecule has 29 heavy (non-hydrogen) atoms. The number of amides is 2. The molecule has 9 nitrogen and oxygen atoms in total. The minimum atomic E-state index is -0.102. The summed E-state index contributed by atoms with van der Waals surface area (Å²) in [5.74, 6) is -0.181. The quantitative estimate of drug-likeness (QED) is 0.645. The number of nitrogens with zero attached hydrogens (tertiary/aromatic N) is 6. The third-order valence-corrected chi connectivity index (χ3v) is 5.56. The molecule has 9 heteroatoms. The molecule has 1 saturated heterocycles. The van der Waals surface area contributed by atoms with Crippen LogP contribution in [0.4, 0.5) is 0 Å². The van der Waals surface area contributed by atoms with E-state index < -0.39 is 0 Å². The molecular weight excluding hydrogens is 372 g/mol. The molecule has 2 aliphatic rings. The van der Waals surface area contributed by atoms with E-state index in [0.29, 0.717) is 57.3 Å². The standard InChI is InChI=1S/C20H22N6O3/c1-23-17-5-3-2-4-15(17)18(22-23)20(28)25-6-7-26-14(13-25)12-16(21-26)19(27)24-8-10-29-11-9-24/h2-5,12H,6-11,13H2,1H3. The number of carbonyl (C=O) groups is 2. The van der Waals surface area contributed by atoms with Gasteiger partial charge in [0, 0.05) is 32.1 Å². The molecule has 1 aromatic carbocycles. The van der Waals surface area contributed by atoms with Crippen LogP contribution in [0.2, 0.25) is 0 Å². The van der Waals surface area contributed by atoms with E-state index in [4.69, 9.17) is 4.74 Å². The molecule has 4 heterocycles. The van der Waals surface area contributed by atoms with E-state index in [9.17, 15) is 9.59 Å². The first-order valence-corrected chi connectivity index (χ1v) is 9.76. The van der Waals surface area contributed by atoms with Crippen molar-refractivity contribution in [1.82, 2.24) is 29.4 Å². The fourth-order valence-electron chi connectivity index (χ4n) is 3.99. The van der Waals surface area contributed by atoms with Crippen molar-refractivity contribution in [3.8, 4) is 0 Å². The number of para-hydroxylation sites is 1. The van der Waals surface area contributed by atoms with Gasteiger partial charge in [0.1, 0.15) is 0 Å². The maximum absolute atomic E-state index is 13.2. The van der Waals surface area contributed by atoms with Gasteiger partial charge in [0.2, 0.25) is 0 Å². The fourth-order valence-corrected chi connectivity index (χ4v) is 3.99. The van der Waals surface area contributed by atoms with Crippen LogP contribution >= 0.6 is 0 Å². The molecule has 0 radical (unpaired) electrons. The van der Waals surface area contributed by atoms with Crippen molar-refractivity contribution >= 4 is 22.7 Å². The average molecular weight is 394 g/mol. The summed E-state index contributed by atoms with van der Waals surface area (Å²) < 4.78 is 8.87. The van der Waals surface area contributed by atoms with E-state index in [-0.39, 0.29) is 11.8 Å². The largest absolute Gasteiger partial charge is 0.378 e. The predicted octanol–water partition coefficient (Wildman–Crippen LogP) is 0.898. The van der Waals surface area contributed by atoms with E-state index in [1.54, 1.807) is 20.5 Å². The first-order chi connectivity index (χ1) is 14.1. The molecule has 0 aliphatic carbocycles. The Morgan fingerprint density at radius 1 is 0.966 bits per heavy atom. The van der Waals surface area contributed by atoms with Gasteiger partial charge in [0.25, 0.3) is 11.8 Å². The predicted molar refractivity (Wildman–Crippen MR) is 104 cm³/mol. The van der Waals surface area contributed by atoms with Gasteiger partial charge in [0.15, 0.2) is 11.4 Å². The lowest BCUT2D eigenvalue weighted by Crippen LogP contribution is -2.41. The summed E-state index contributed by atoms with van der Waals surface area (Å²) >= 11 is 0. The lowest BCUT2D eigenvalue weighted by atomic mass is 10.2. The molecule has 150 valence electrons. The van der Waals surface area contributed by atoms with Crippen molar-refractivity contribution in [2.75, 3.05) is 32.8 Å². The summed E-state index contributed by atoms with van der Waals surface area (Å²) in [6.45, 7) is 3.77. The van der Waals surface area contributed by atoms with Crippen molar-refractivity contribution < 1.29 is 14.3 Å². The Hall–Kier alpha value is -3.20. The molecule has 0 unspecified atom stereocenters. The normalized spacial score (nSPS) is 16.9. The number of hydrogen-bond donors (Lipinski definition) is 0. The molecule has 2 aliphatic heterocycles. The van der Waals surface area contributed by atoms with Crippen molar-refractivity contribution in [2.45, 2.75) is 13.1 Å². The molecule has 0 bridgehead atoms. The SMILES string of the molecule is Cn1nc(C(=O)N2CCn3nc(C(=O)N4CCOCC4)cc3C2)c2ccccc21. The summed E-state index contributed by atoms with van der Waals surface area (Å²) in [6.07, 6.45) is 0. The van der Waals surface area contributed by atoms with Crippen molar-refractivity contribution in [1.29, 1.82) is 0 Å². The average Bonchev–Trinajstić information content (AvgIpc) is 3.34. The highest BCUT2D eigenvalue weighted by Crippen LogP contribution is 2.22. The summed E-state index contributed by atoms with van der Waals surface area (Å²) in [5.41, 5.74) is 2.68. The third-order valence-electron chi connectivity index (χ3n) is 5.56. The third kappa shape index (κ3) is 3.07. The van der Waals surface area contributed by atoms with Crippen LogP contribution in [0.15, 0.2) is 30.3 Å². The Bertz CT molecular complexity index is 1100. The molecule has 0 spiro atoms. The van der Waals surface area contributed by atoms with Crippen LogP contribution < -0.4 is 0 Å². The maximum atomic E-state index is 13.2. The molecule has 5 rings (SSSR count). The van der Waals surface area contributed by atoms with E-state index in [0.717, 1.165) is 16.6 Å². The lowest BCUT2D eigenvalue weighted by Gasteiger charge is -2.27. The van der Waals surface area contributed by atoms with Crippen LogP contribution in [0.25, 0.3) is 10.9 Å².